The summed E-state index contributed by atoms with van der Waals surface area (Å²) >= 11 is 0. The summed E-state index contributed by atoms with van der Waals surface area (Å²) in [6.45, 7) is 6.18. The van der Waals surface area contributed by atoms with Crippen LogP contribution < -0.4 is 11.1 Å². The van der Waals surface area contributed by atoms with Crippen LogP contribution in [-0.4, -0.2) is 5.91 Å². The Bertz CT molecular complexity index is 617. The maximum Gasteiger partial charge on any atom is 0.251 e. The molecule has 0 bridgehead atoms. The highest BCUT2D eigenvalue weighted by Gasteiger charge is 2.16. The van der Waals surface area contributed by atoms with Crippen LogP contribution in [0.3, 0.4) is 0 Å². The number of aryl methyl sites for hydroxylation is 2. The van der Waals surface area contributed by atoms with Crippen molar-refractivity contribution in [2.24, 2.45) is 5.73 Å². The summed E-state index contributed by atoms with van der Waals surface area (Å²) in [7, 11) is 0. The molecule has 1 amide bonds. The molecule has 0 saturated carbocycles. The molecule has 4 nitrogen and oxygen atoms in total. The van der Waals surface area contributed by atoms with Crippen molar-refractivity contribution in [2.75, 3.05) is 0 Å². The Hall–Kier alpha value is -2.07. The number of carbonyl (C=O) groups excluding carboxylic acids is 1. The van der Waals surface area contributed by atoms with Gasteiger partial charge in [0, 0.05) is 17.7 Å². The van der Waals surface area contributed by atoms with Crippen molar-refractivity contribution in [3.8, 4) is 0 Å². The van der Waals surface area contributed by atoms with E-state index in [1.54, 1.807) is 6.07 Å². The van der Waals surface area contributed by atoms with Crippen molar-refractivity contribution < 1.29 is 9.21 Å². The third kappa shape index (κ3) is 3.08. The molecule has 0 aliphatic heterocycles. The summed E-state index contributed by atoms with van der Waals surface area (Å²) in [4.78, 5) is 12.2. The van der Waals surface area contributed by atoms with E-state index in [0.717, 1.165) is 22.6 Å². The highest BCUT2D eigenvalue weighted by molar-refractivity contribution is 5.94. The monoisotopic (exact) mass is 272 g/mol. The molecule has 20 heavy (non-hydrogen) atoms. The first-order chi connectivity index (χ1) is 9.51. The second-order valence-electron chi connectivity index (χ2n) is 4.97. The second-order valence-corrected chi connectivity index (χ2v) is 4.97. The number of hydrogen-bond acceptors (Lipinski definition) is 3. The van der Waals surface area contributed by atoms with Gasteiger partial charge in [-0.2, -0.15) is 0 Å². The smallest absolute Gasteiger partial charge is 0.251 e. The average Bonchev–Trinajstić information content (AvgIpc) is 2.77. The lowest BCUT2D eigenvalue weighted by Crippen LogP contribution is -2.26. The van der Waals surface area contributed by atoms with Crippen LogP contribution in [0.15, 0.2) is 34.7 Å². The zero-order valence-electron chi connectivity index (χ0n) is 12.1. The van der Waals surface area contributed by atoms with E-state index in [1.165, 1.54) is 0 Å². The van der Waals surface area contributed by atoms with Crippen LogP contribution in [0.2, 0.25) is 0 Å². The number of rotatable bonds is 4. The Morgan fingerprint density at radius 1 is 1.35 bits per heavy atom. The molecule has 0 spiro atoms. The number of nitrogens with one attached hydrogen (secondary N) is 1. The summed E-state index contributed by atoms with van der Waals surface area (Å²) in [6.07, 6.45) is 0. The molecule has 0 radical (unpaired) electrons. The Kier molecular flexibility index (Phi) is 4.25. The Balaban J connectivity index is 2.12. The number of furan rings is 1. The zero-order chi connectivity index (χ0) is 14.7. The lowest BCUT2D eigenvalue weighted by molar-refractivity contribution is 0.0939. The summed E-state index contributed by atoms with van der Waals surface area (Å²) in [5.41, 5.74) is 8.16. The highest BCUT2D eigenvalue weighted by Crippen LogP contribution is 2.21. The summed E-state index contributed by atoms with van der Waals surface area (Å²) < 4.78 is 5.49. The van der Waals surface area contributed by atoms with Crippen LogP contribution in [0.25, 0.3) is 0 Å². The number of nitrogens with two attached hydrogens (primary N) is 1. The molecule has 0 aliphatic rings. The molecule has 106 valence electrons. The first-order valence-electron chi connectivity index (χ1n) is 6.68. The van der Waals surface area contributed by atoms with E-state index in [1.807, 2.05) is 45.0 Å². The summed E-state index contributed by atoms with van der Waals surface area (Å²) in [5.74, 6) is 1.58. The molecule has 2 aromatic rings. The van der Waals surface area contributed by atoms with Crippen LogP contribution >= 0.6 is 0 Å². The van der Waals surface area contributed by atoms with Gasteiger partial charge in [0.05, 0.1) is 6.04 Å². The number of benzene rings is 1. The number of carbonyl (C=O) groups is 1. The maximum atomic E-state index is 12.2. The van der Waals surface area contributed by atoms with Gasteiger partial charge in [-0.25, -0.2) is 0 Å². The van der Waals surface area contributed by atoms with Crippen LogP contribution in [0, 0.1) is 13.8 Å². The van der Waals surface area contributed by atoms with Gasteiger partial charge >= 0.3 is 0 Å². The third-order valence-corrected chi connectivity index (χ3v) is 3.32. The van der Waals surface area contributed by atoms with E-state index in [0.29, 0.717) is 12.1 Å². The van der Waals surface area contributed by atoms with Crippen LogP contribution in [0.5, 0.6) is 0 Å². The lowest BCUT2D eigenvalue weighted by Gasteiger charge is -2.13. The molecule has 0 aliphatic carbocycles. The molecule has 2 rings (SSSR count). The molecule has 1 unspecified atom stereocenters. The standard InChI is InChI=1S/C16H20N2O2/c1-10-7-15(12(3)20-10)11(2)18-16(19)14-6-4-5-13(8-14)9-17/h4-8,11H,9,17H2,1-3H3,(H,18,19). The van der Waals surface area contributed by atoms with E-state index >= 15 is 0 Å². The quantitative estimate of drug-likeness (QED) is 0.899. The largest absolute Gasteiger partial charge is 0.466 e. The molecule has 1 aromatic heterocycles. The molecule has 4 heteroatoms. The van der Waals surface area contributed by atoms with Crippen molar-refractivity contribution in [1.29, 1.82) is 0 Å². The Morgan fingerprint density at radius 2 is 2.10 bits per heavy atom. The van der Waals surface area contributed by atoms with Gasteiger partial charge in [-0.3, -0.25) is 4.79 Å². The van der Waals surface area contributed by atoms with E-state index in [2.05, 4.69) is 5.32 Å². The summed E-state index contributed by atoms with van der Waals surface area (Å²) in [5, 5.41) is 2.98. The van der Waals surface area contributed by atoms with E-state index in [4.69, 9.17) is 10.2 Å². The Morgan fingerprint density at radius 3 is 2.70 bits per heavy atom. The molecule has 1 aromatic carbocycles. The molecule has 1 heterocycles. The highest BCUT2D eigenvalue weighted by atomic mass is 16.3. The Labute approximate surface area is 119 Å². The average molecular weight is 272 g/mol. The topological polar surface area (TPSA) is 68.3 Å². The van der Waals surface area contributed by atoms with Gasteiger partial charge in [0.2, 0.25) is 0 Å². The van der Waals surface area contributed by atoms with Crippen molar-refractivity contribution >= 4 is 5.91 Å². The van der Waals surface area contributed by atoms with Gasteiger partial charge in [0.25, 0.3) is 5.91 Å². The van der Waals surface area contributed by atoms with Crippen LogP contribution in [-0.2, 0) is 6.54 Å². The minimum atomic E-state index is -0.106. The minimum absolute atomic E-state index is 0.0958. The van der Waals surface area contributed by atoms with Gasteiger partial charge in [0.1, 0.15) is 11.5 Å². The lowest BCUT2D eigenvalue weighted by atomic mass is 10.1. The third-order valence-electron chi connectivity index (χ3n) is 3.32. The summed E-state index contributed by atoms with van der Waals surface area (Å²) in [6, 6.07) is 9.21. The fraction of sp³-hybridized carbons (Fsp3) is 0.312. The fourth-order valence-electron chi connectivity index (χ4n) is 2.28. The first kappa shape index (κ1) is 14.3. The fourth-order valence-corrected chi connectivity index (χ4v) is 2.28. The van der Waals surface area contributed by atoms with Gasteiger partial charge in [-0.05, 0) is 44.5 Å². The molecule has 0 saturated heterocycles. The minimum Gasteiger partial charge on any atom is -0.466 e. The maximum absolute atomic E-state index is 12.2. The molecule has 3 N–H and O–H groups in total. The van der Waals surface area contributed by atoms with Crippen LogP contribution in [0.1, 0.15) is 46.0 Å². The van der Waals surface area contributed by atoms with E-state index < -0.39 is 0 Å². The predicted octanol–water partition coefficient (Wildman–Crippen LogP) is 2.85. The van der Waals surface area contributed by atoms with Crippen LogP contribution in [0.4, 0.5) is 0 Å². The molecular weight excluding hydrogens is 252 g/mol. The normalized spacial score (nSPS) is 12.2. The number of amides is 1. The second kappa shape index (κ2) is 5.92. The predicted molar refractivity (Wildman–Crippen MR) is 78.4 cm³/mol. The van der Waals surface area contributed by atoms with Gasteiger partial charge in [-0.1, -0.05) is 12.1 Å². The molecule has 0 fully saturated rings. The van der Waals surface area contributed by atoms with E-state index in [-0.39, 0.29) is 11.9 Å². The SMILES string of the molecule is Cc1cc(C(C)NC(=O)c2cccc(CN)c2)c(C)o1. The van der Waals surface area contributed by atoms with Crippen molar-refractivity contribution in [2.45, 2.75) is 33.4 Å². The van der Waals surface area contributed by atoms with Gasteiger partial charge in [0.15, 0.2) is 0 Å². The molecular formula is C16H20N2O2. The number of hydrogen-bond donors (Lipinski definition) is 2. The zero-order valence-corrected chi connectivity index (χ0v) is 12.1. The van der Waals surface area contributed by atoms with Gasteiger partial charge < -0.3 is 15.5 Å². The van der Waals surface area contributed by atoms with E-state index in [9.17, 15) is 4.79 Å². The van der Waals surface area contributed by atoms with Gasteiger partial charge in [-0.15, -0.1) is 0 Å². The van der Waals surface area contributed by atoms with Crippen molar-refractivity contribution in [3.05, 3.63) is 58.5 Å². The van der Waals surface area contributed by atoms with Crippen molar-refractivity contribution in [3.63, 3.8) is 0 Å². The van der Waals surface area contributed by atoms with Crippen molar-refractivity contribution in [1.82, 2.24) is 5.32 Å². The molecule has 1 atom stereocenters. The first-order valence-corrected chi connectivity index (χ1v) is 6.68.